The van der Waals surface area contributed by atoms with Gasteiger partial charge in [-0.1, -0.05) is 6.92 Å². The van der Waals surface area contributed by atoms with Gasteiger partial charge in [-0.05, 0) is 26.4 Å². The summed E-state index contributed by atoms with van der Waals surface area (Å²) in [4.78, 5) is 18.8. The van der Waals surface area contributed by atoms with Crippen molar-refractivity contribution in [3.05, 3.63) is 10.6 Å². The van der Waals surface area contributed by atoms with Gasteiger partial charge in [0, 0.05) is 18.0 Å². The molecule has 2 rings (SSSR count). The highest BCUT2D eigenvalue weighted by Crippen LogP contribution is 2.38. The number of nitrogens with zero attached hydrogens (tertiary/aromatic N) is 2. The first-order valence-electron chi connectivity index (χ1n) is 6.26. The van der Waals surface area contributed by atoms with Crippen LogP contribution in [-0.4, -0.2) is 47.6 Å². The van der Waals surface area contributed by atoms with Crippen molar-refractivity contribution in [2.75, 3.05) is 32.0 Å². The van der Waals surface area contributed by atoms with E-state index in [0.29, 0.717) is 6.42 Å². The number of aryl methyl sites for hydroxylation is 1. The third kappa shape index (κ3) is 2.81. The Morgan fingerprint density at radius 3 is 3.11 bits per heavy atom. The number of carbonyl (C=O) groups is 1. The smallest absolute Gasteiger partial charge is 0.312 e. The lowest BCUT2D eigenvalue weighted by molar-refractivity contribution is -0.138. The Morgan fingerprint density at radius 2 is 2.44 bits per heavy atom. The second kappa shape index (κ2) is 5.67. The molecule has 18 heavy (non-hydrogen) atoms. The van der Waals surface area contributed by atoms with Gasteiger partial charge in [0.1, 0.15) is 5.92 Å². The second-order valence-corrected chi connectivity index (χ2v) is 5.66. The number of anilines is 1. The van der Waals surface area contributed by atoms with E-state index >= 15 is 0 Å². The normalized spacial score (nSPS) is 18.1. The first-order valence-corrected chi connectivity index (χ1v) is 7.08. The molecule has 1 heterocycles. The average Bonchev–Trinajstić information content (AvgIpc) is 2.87. The fraction of sp³-hybridized carbons (Fsp3) is 0.667. The Bertz CT molecular complexity index is 433. The largest absolute Gasteiger partial charge is 0.481 e. The molecule has 100 valence electrons. The third-order valence-electron chi connectivity index (χ3n) is 3.33. The molecule has 1 aliphatic carbocycles. The predicted octanol–water partition coefficient (Wildman–Crippen LogP) is 1.62. The maximum absolute atomic E-state index is 11.1. The van der Waals surface area contributed by atoms with E-state index in [9.17, 15) is 4.79 Å². The molecule has 0 saturated carbocycles. The van der Waals surface area contributed by atoms with Crippen molar-refractivity contribution in [3.63, 3.8) is 0 Å². The number of likely N-dealkylation sites (N-methyl/N-ethyl adjacent to an activating group) is 1. The molecule has 1 atom stereocenters. The van der Waals surface area contributed by atoms with Crippen LogP contribution in [0.15, 0.2) is 0 Å². The number of carboxylic acid groups (broad SMARTS) is 1. The van der Waals surface area contributed by atoms with E-state index in [0.717, 1.165) is 41.8 Å². The first kappa shape index (κ1) is 13.3. The number of fused-ring (bicyclic) bond motifs is 1. The molecule has 1 aliphatic rings. The topological polar surface area (TPSA) is 65.5 Å². The van der Waals surface area contributed by atoms with Gasteiger partial charge in [-0.2, -0.15) is 0 Å². The number of aromatic nitrogens is 1. The molecule has 0 fully saturated rings. The maximum atomic E-state index is 11.1. The van der Waals surface area contributed by atoms with Crippen LogP contribution in [0.25, 0.3) is 0 Å². The molecule has 6 heteroatoms. The number of rotatable bonds is 6. The molecule has 0 amide bonds. The molecular weight excluding hydrogens is 250 g/mol. The summed E-state index contributed by atoms with van der Waals surface area (Å²) in [6.07, 6.45) is 1.54. The molecule has 5 nitrogen and oxygen atoms in total. The lowest BCUT2D eigenvalue weighted by Crippen LogP contribution is -2.24. The van der Waals surface area contributed by atoms with E-state index < -0.39 is 11.9 Å². The summed E-state index contributed by atoms with van der Waals surface area (Å²) in [6.45, 7) is 4.95. The van der Waals surface area contributed by atoms with Crippen LogP contribution in [0, 0.1) is 0 Å². The lowest BCUT2D eigenvalue weighted by atomic mass is 10.1. The van der Waals surface area contributed by atoms with Gasteiger partial charge in [-0.3, -0.25) is 4.79 Å². The predicted molar refractivity (Wildman–Crippen MR) is 72.5 cm³/mol. The SMILES string of the molecule is CCN(C)CCNc1nc2c(s1)CCC2C(=O)O. The summed E-state index contributed by atoms with van der Waals surface area (Å²) in [5.41, 5.74) is 0.777. The number of thiazole rings is 1. The van der Waals surface area contributed by atoms with Gasteiger partial charge in [0.25, 0.3) is 0 Å². The molecule has 2 N–H and O–H groups in total. The highest BCUT2D eigenvalue weighted by Gasteiger charge is 2.32. The van der Waals surface area contributed by atoms with Gasteiger partial charge < -0.3 is 15.3 Å². The van der Waals surface area contributed by atoms with E-state index in [1.807, 2.05) is 0 Å². The zero-order valence-corrected chi connectivity index (χ0v) is 11.6. The van der Waals surface area contributed by atoms with E-state index in [1.165, 1.54) is 0 Å². The van der Waals surface area contributed by atoms with Crippen LogP contribution in [-0.2, 0) is 11.2 Å². The Hall–Kier alpha value is -1.14. The van der Waals surface area contributed by atoms with Crippen LogP contribution < -0.4 is 5.32 Å². The van der Waals surface area contributed by atoms with Gasteiger partial charge in [0.05, 0.1) is 5.69 Å². The van der Waals surface area contributed by atoms with E-state index in [-0.39, 0.29) is 0 Å². The summed E-state index contributed by atoms with van der Waals surface area (Å²) in [5.74, 6) is -1.15. The Labute approximate surface area is 111 Å². The van der Waals surface area contributed by atoms with Crippen LogP contribution in [0.2, 0.25) is 0 Å². The zero-order valence-electron chi connectivity index (χ0n) is 10.8. The van der Waals surface area contributed by atoms with Crippen LogP contribution in [0.3, 0.4) is 0 Å². The molecule has 0 radical (unpaired) electrons. The van der Waals surface area contributed by atoms with E-state index in [1.54, 1.807) is 11.3 Å². The molecular formula is C12H19N3O2S. The highest BCUT2D eigenvalue weighted by molar-refractivity contribution is 7.15. The van der Waals surface area contributed by atoms with Crippen molar-refractivity contribution in [1.29, 1.82) is 0 Å². The summed E-state index contributed by atoms with van der Waals surface area (Å²) in [5, 5.41) is 13.2. The van der Waals surface area contributed by atoms with Crippen molar-refractivity contribution >= 4 is 22.4 Å². The molecule has 0 saturated heterocycles. The van der Waals surface area contributed by atoms with E-state index in [4.69, 9.17) is 5.11 Å². The lowest BCUT2D eigenvalue weighted by Gasteiger charge is -2.13. The minimum Gasteiger partial charge on any atom is -0.481 e. The molecule has 0 spiro atoms. The minimum atomic E-state index is -0.753. The number of hydrogen-bond donors (Lipinski definition) is 2. The fourth-order valence-corrected chi connectivity index (χ4v) is 3.12. The van der Waals surface area contributed by atoms with Crippen molar-refractivity contribution < 1.29 is 9.90 Å². The van der Waals surface area contributed by atoms with Crippen LogP contribution >= 0.6 is 11.3 Å². The van der Waals surface area contributed by atoms with Gasteiger partial charge in [-0.15, -0.1) is 11.3 Å². The minimum absolute atomic E-state index is 0.398. The number of aliphatic carboxylic acids is 1. The number of carboxylic acids is 1. The van der Waals surface area contributed by atoms with Gasteiger partial charge in [0.2, 0.25) is 0 Å². The molecule has 0 bridgehead atoms. The average molecular weight is 269 g/mol. The standard InChI is InChI=1S/C12H19N3O2S/c1-3-15(2)7-6-13-12-14-10-8(11(16)17)4-5-9(10)18-12/h8H,3-7H2,1-2H3,(H,13,14)(H,16,17). The summed E-state index contributed by atoms with van der Waals surface area (Å²) >= 11 is 1.60. The van der Waals surface area contributed by atoms with Gasteiger partial charge in [0.15, 0.2) is 5.13 Å². The molecule has 1 unspecified atom stereocenters. The Morgan fingerprint density at radius 1 is 1.67 bits per heavy atom. The molecule has 0 aromatic carbocycles. The van der Waals surface area contributed by atoms with Crippen LogP contribution in [0.5, 0.6) is 0 Å². The quantitative estimate of drug-likeness (QED) is 0.821. The molecule has 1 aromatic rings. The van der Waals surface area contributed by atoms with Crippen LogP contribution in [0.1, 0.15) is 29.8 Å². The Kier molecular flexibility index (Phi) is 4.19. The van der Waals surface area contributed by atoms with Gasteiger partial charge >= 0.3 is 5.97 Å². The summed E-state index contributed by atoms with van der Waals surface area (Å²) < 4.78 is 0. The summed E-state index contributed by atoms with van der Waals surface area (Å²) in [6, 6.07) is 0. The monoisotopic (exact) mass is 269 g/mol. The highest BCUT2D eigenvalue weighted by atomic mass is 32.1. The third-order valence-corrected chi connectivity index (χ3v) is 4.41. The second-order valence-electron chi connectivity index (χ2n) is 4.58. The van der Waals surface area contributed by atoms with Crippen molar-refractivity contribution in [2.45, 2.75) is 25.7 Å². The van der Waals surface area contributed by atoms with Crippen molar-refractivity contribution in [1.82, 2.24) is 9.88 Å². The van der Waals surface area contributed by atoms with Crippen molar-refractivity contribution in [2.24, 2.45) is 0 Å². The van der Waals surface area contributed by atoms with Gasteiger partial charge in [-0.25, -0.2) is 4.98 Å². The first-order chi connectivity index (χ1) is 8.61. The van der Waals surface area contributed by atoms with E-state index in [2.05, 4.69) is 29.2 Å². The molecule has 0 aliphatic heterocycles. The fourth-order valence-electron chi connectivity index (χ4n) is 2.05. The van der Waals surface area contributed by atoms with Crippen molar-refractivity contribution in [3.8, 4) is 0 Å². The summed E-state index contributed by atoms with van der Waals surface area (Å²) in [7, 11) is 2.07. The zero-order chi connectivity index (χ0) is 13.1. The number of hydrogen-bond acceptors (Lipinski definition) is 5. The number of nitrogens with one attached hydrogen (secondary N) is 1. The Balaban J connectivity index is 1.93. The maximum Gasteiger partial charge on any atom is 0.312 e. The molecule has 1 aromatic heterocycles. The van der Waals surface area contributed by atoms with Crippen LogP contribution in [0.4, 0.5) is 5.13 Å².